The summed E-state index contributed by atoms with van der Waals surface area (Å²) < 4.78 is 5.29. The maximum absolute atomic E-state index is 5.29. The molecule has 0 aromatic carbocycles. The molecule has 2 rings (SSSR count). The van der Waals surface area contributed by atoms with Crippen molar-refractivity contribution in [3.8, 4) is 0 Å². The number of rotatable bonds is 1. The molecule has 2 heteroatoms. The Morgan fingerprint density at radius 1 is 1.45 bits per heavy atom. The van der Waals surface area contributed by atoms with E-state index in [1.165, 1.54) is 25.9 Å². The number of hydrogen-bond donors (Lipinski definition) is 0. The molecule has 0 aromatic heterocycles. The normalized spacial score (nSPS) is 40.9. The maximum atomic E-state index is 5.29. The molecule has 0 saturated carbocycles. The molecule has 0 aliphatic carbocycles. The standard InChI is InChI=1S/C9H16NO/c1-8-3-5-10(6-4-8)9(2)7-11-9/h8H,2-7H2,1H3. The van der Waals surface area contributed by atoms with Crippen molar-refractivity contribution >= 4 is 0 Å². The predicted octanol–water partition coefficient (Wildman–Crippen LogP) is 1.28. The molecule has 63 valence electrons. The number of ether oxygens (including phenoxy) is 1. The first-order valence-electron chi connectivity index (χ1n) is 4.45. The molecule has 1 atom stereocenters. The SMILES string of the molecule is [CH2]C1(N2CCC(C)CC2)CO1. The molecule has 2 saturated heterocycles. The number of likely N-dealkylation sites (tertiary alicyclic amines) is 1. The third-order valence-electron chi connectivity index (χ3n) is 2.84. The van der Waals surface area contributed by atoms with Crippen LogP contribution in [0.5, 0.6) is 0 Å². The highest BCUT2D eigenvalue weighted by molar-refractivity contribution is 4.95. The Morgan fingerprint density at radius 3 is 2.45 bits per heavy atom. The smallest absolute Gasteiger partial charge is 0.145 e. The summed E-state index contributed by atoms with van der Waals surface area (Å²) >= 11 is 0. The molecule has 0 bridgehead atoms. The lowest BCUT2D eigenvalue weighted by atomic mass is 9.98. The second-order valence-electron chi connectivity index (χ2n) is 3.90. The van der Waals surface area contributed by atoms with E-state index in [2.05, 4.69) is 18.7 Å². The van der Waals surface area contributed by atoms with E-state index in [1.54, 1.807) is 0 Å². The summed E-state index contributed by atoms with van der Waals surface area (Å²) in [6.45, 7) is 9.53. The largest absolute Gasteiger partial charge is 0.353 e. The van der Waals surface area contributed by atoms with Gasteiger partial charge in [0.1, 0.15) is 5.72 Å². The van der Waals surface area contributed by atoms with E-state index < -0.39 is 0 Å². The first-order chi connectivity index (χ1) is 5.21. The van der Waals surface area contributed by atoms with Gasteiger partial charge in [-0.3, -0.25) is 4.90 Å². The van der Waals surface area contributed by atoms with Crippen LogP contribution in [0.1, 0.15) is 19.8 Å². The van der Waals surface area contributed by atoms with Crippen LogP contribution in [0, 0.1) is 12.8 Å². The average Bonchev–Trinajstić information content (AvgIpc) is 2.70. The van der Waals surface area contributed by atoms with Crippen LogP contribution in [-0.2, 0) is 4.74 Å². The summed E-state index contributed by atoms with van der Waals surface area (Å²) in [5, 5.41) is 0. The third kappa shape index (κ3) is 1.42. The van der Waals surface area contributed by atoms with E-state index in [0.29, 0.717) is 0 Å². The highest BCUT2D eigenvalue weighted by Gasteiger charge is 2.45. The molecule has 1 radical (unpaired) electrons. The first kappa shape index (κ1) is 7.56. The van der Waals surface area contributed by atoms with Crippen LogP contribution in [-0.4, -0.2) is 30.3 Å². The second-order valence-corrected chi connectivity index (χ2v) is 3.90. The number of epoxide rings is 1. The van der Waals surface area contributed by atoms with Crippen molar-refractivity contribution in [1.82, 2.24) is 4.90 Å². The van der Waals surface area contributed by atoms with Crippen molar-refractivity contribution in [1.29, 1.82) is 0 Å². The van der Waals surface area contributed by atoms with E-state index in [-0.39, 0.29) is 5.72 Å². The van der Waals surface area contributed by atoms with Crippen LogP contribution >= 0.6 is 0 Å². The minimum Gasteiger partial charge on any atom is -0.353 e. The van der Waals surface area contributed by atoms with Gasteiger partial charge in [-0.05, 0) is 25.7 Å². The Bertz CT molecular complexity index is 146. The van der Waals surface area contributed by atoms with Gasteiger partial charge >= 0.3 is 0 Å². The quantitative estimate of drug-likeness (QED) is 0.529. The number of hydrogen-bond acceptors (Lipinski definition) is 2. The Hall–Kier alpha value is -0.0800. The Kier molecular flexibility index (Phi) is 1.69. The summed E-state index contributed by atoms with van der Waals surface area (Å²) in [5.41, 5.74) is -0.111. The Balaban J connectivity index is 1.87. The van der Waals surface area contributed by atoms with Gasteiger partial charge in [0.25, 0.3) is 0 Å². The summed E-state index contributed by atoms with van der Waals surface area (Å²) in [7, 11) is 0. The molecule has 2 aliphatic rings. The molecule has 2 fully saturated rings. The van der Waals surface area contributed by atoms with Crippen LogP contribution in [0.4, 0.5) is 0 Å². The summed E-state index contributed by atoms with van der Waals surface area (Å²) in [6, 6.07) is 0. The average molecular weight is 154 g/mol. The summed E-state index contributed by atoms with van der Waals surface area (Å²) in [6.07, 6.45) is 2.61. The zero-order chi connectivity index (χ0) is 7.90. The van der Waals surface area contributed by atoms with Gasteiger partial charge in [0.2, 0.25) is 0 Å². The number of nitrogens with zero attached hydrogens (tertiary/aromatic N) is 1. The maximum Gasteiger partial charge on any atom is 0.145 e. The molecule has 2 aliphatic heterocycles. The summed E-state index contributed by atoms with van der Waals surface area (Å²) in [4.78, 5) is 2.37. The van der Waals surface area contributed by atoms with Crippen LogP contribution in [0.2, 0.25) is 0 Å². The molecule has 2 nitrogen and oxygen atoms in total. The van der Waals surface area contributed by atoms with Crippen molar-refractivity contribution in [2.45, 2.75) is 25.5 Å². The molecule has 0 aromatic rings. The van der Waals surface area contributed by atoms with Crippen LogP contribution < -0.4 is 0 Å². The van der Waals surface area contributed by atoms with Crippen LogP contribution in [0.3, 0.4) is 0 Å². The third-order valence-corrected chi connectivity index (χ3v) is 2.84. The van der Waals surface area contributed by atoms with Crippen LogP contribution in [0.25, 0.3) is 0 Å². The minimum absolute atomic E-state index is 0.111. The monoisotopic (exact) mass is 154 g/mol. The zero-order valence-corrected chi connectivity index (χ0v) is 7.18. The van der Waals surface area contributed by atoms with Crippen molar-refractivity contribution < 1.29 is 4.74 Å². The molecule has 0 amide bonds. The van der Waals surface area contributed by atoms with Gasteiger partial charge in [0.15, 0.2) is 0 Å². The molecule has 0 spiro atoms. The lowest BCUT2D eigenvalue weighted by Crippen LogP contribution is -2.42. The zero-order valence-electron chi connectivity index (χ0n) is 7.18. The fraction of sp³-hybridized carbons (Fsp3) is 0.889. The lowest BCUT2D eigenvalue weighted by Gasteiger charge is -2.32. The van der Waals surface area contributed by atoms with E-state index in [9.17, 15) is 0 Å². The van der Waals surface area contributed by atoms with Crippen LogP contribution in [0.15, 0.2) is 0 Å². The van der Waals surface area contributed by atoms with E-state index in [0.717, 1.165) is 12.5 Å². The molecule has 2 heterocycles. The van der Waals surface area contributed by atoms with Gasteiger partial charge in [-0.1, -0.05) is 6.92 Å². The fourth-order valence-electron chi connectivity index (χ4n) is 1.68. The van der Waals surface area contributed by atoms with Crippen molar-refractivity contribution in [3.05, 3.63) is 6.92 Å². The van der Waals surface area contributed by atoms with Gasteiger partial charge in [0.05, 0.1) is 6.61 Å². The van der Waals surface area contributed by atoms with Gasteiger partial charge in [-0.25, -0.2) is 0 Å². The molecule has 0 N–H and O–H groups in total. The van der Waals surface area contributed by atoms with Gasteiger partial charge < -0.3 is 4.74 Å². The second kappa shape index (κ2) is 2.46. The van der Waals surface area contributed by atoms with Crippen molar-refractivity contribution in [2.75, 3.05) is 19.7 Å². The van der Waals surface area contributed by atoms with Gasteiger partial charge in [-0.15, -0.1) is 0 Å². The lowest BCUT2D eigenvalue weighted by molar-refractivity contribution is 0.0778. The molecular formula is C9H16NO. The van der Waals surface area contributed by atoms with Crippen molar-refractivity contribution in [2.24, 2.45) is 5.92 Å². The highest BCUT2D eigenvalue weighted by Crippen LogP contribution is 2.33. The fourth-order valence-corrected chi connectivity index (χ4v) is 1.68. The van der Waals surface area contributed by atoms with Gasteiger partial charge in [-0.2, -0.15) is 0 Å². The number of piperidine rings is 1. The van der Waals surface area contributed by atoms with E-state index in [4.69, 9.17) is 4.74 Å². The first-order valence-corrected chi connectivity index (χ1v) is 4.45. The van der Waals surface area contributed by atoms with E-state index in [1.807, 2.05) is 0 Å². The van der Waals surface area contributed by atoms with Gasteiger partial charge in [0, 0.05) is 13.1 Å². The molecular weight excluding hydrogens is 138 g/mol. The molecule has 11 heavy (non-hydrogen) atoms. The Morgan fingerprint density at radius 2 is 2.00 bits per heavy atom. The highest BCUT2D eigenvalue weighted by atomic mass is 16.6. The van der Waals surface area contributed by atoms with Crippen molar-refractivity contribution in [3.63, 3.8) is 0 Å². The topological polar surface area (TPSA) is 15.8 Å². The summed E-state index contributed by atoms with van der Waals surface area (Å²) in [5.74, 6) is 0.897. The minimum atomic E-state index is -0.111. The van der Waals surface area contributed by atoms with E-state index >= 15 is 0 Å². The molecule has 1 unspecified atom stereocenters. The Labute approximate surface area is 68.5 Å². The predicted molar refractivity (Wildman–Crippen MR) is 44.0 cm³/mol.